The molecule has 0 aliphatic carbocycles. The fourth-order valence-corrected chi connectivity index (χ4v) is 3.16. The molecule has 84 valence electrons. The van der Waals surface area contributed by atoms with Gasteiger partial charge < -0.3 is 4.74 Å². The van der Waals surface area contributed by atoms with Crippen molar-refractivity contribution in [1.29, 1.82) is 0 Å². The van der Waals surface area contributed by atoms with Crippen LogP contribution >= 0.6 is 27.3 Å². The van der Waals surface area contributed by atoms with Crippen LogP contribution in [0.1, 0.15) is 15.3 Å². The molecule has 0 saturated carbocycles. The largest absolute Gasteiger partial charge is 0.497 e. The number of methoxy groups -OCH3 is 1. The van der Waals surface area contributed by atoms with Crippen LogP contribution in [-0.4, -0.2) is 7.11 Å². The van der Waals surface area contributed by atoms with Crippen LogP contribution in [0.4, 0.5) is 0 Å². The number of halogens is 1. The highest BCUT2D eigenvalue weighted by molar-refractivity contribution is 9.09. The fourth-order valence-electron chi connectivity index (χ4n) is 1.54. The molecule has 1 atom stereocenters. The molecule has 0 spiro atoms. The highest BCUT2D eigenvalue weighted by Gasteiger charge is 2.08. The molecular formula is C13H13BrOS. The van der Waals surface area contributed by atoms with Crippen molar-refractivity contribution >= 4 is 27.3 Å². The van der Waals surface area contributed by atoms with Crippen molar-refractivity contribution in [3.8, 4) is 5.75 Å². The summed E-state index contributed by atoms with van der Waals surface area (Å²) in [4.78, 5) is 1.77. The van der Waals surface area contributed by atoms with Gasteiger partial charge in [-0.2, -0.15) is 0 Å². The number of alkyl halides is 1. The van der Waals surface area contributed by atoms with Gasteiger partial charge in [-0.15, -0.1) is 11.3 Å². The number of hydrogen-bond donors (Lipinski definition) is 0. The quantitative estimate of drug-likeness (QED) is 0.758. The third kappa shape index (κ3) is 2.86. The molecule has 16 heavy (non-hydrogen) atoms. The molecule has 0 bridgehead atoms. The first-order valence-corrected chi connectivity index (χ1v) is 6.89. The summed E-state index contributed by atoms with van der Waals surface area (Å²) in [5.74, 6) is 0.902. The molecule has 0 N–H and O–H groups in total. The van der Waals surface area contributed by atoms with Crippen LogP contribution in [0.15, 0.2) is 41.8 Å². The monoisotopic (exact) mass is 296 g/mol. The first kappa shape index (κ1) is 11.7. The van der Waals surface area contributed by atoms with E-state index in [1.807, 2.05) is 12.1 Å². The zero-order valence-corrected chi connectivity index (χ0v) is 11.4. The van der Waals surface area contributed by atoms with Crippen molar-refractivity contribution < 1.29 is 4.74 Å². The average molecular weight is 297 g/mol. The zero-order valence-electron chi connectivity index (χ0n) is 9.02. The van der Waals surface area contributed by atoms with E-state index >= 15 is 0 Å². The molecule has 0 radical (unpaired) electrons. The van der Waals surface area contributed by atoms with Crippen LogP contribution in [-0.2, 0) is 6.42 Å². The number of rotatable bonds is 4. The van der Waals surface area contributed by atoms with Crippen LogP contribution < -0.4 is 4.74 Å². The van der Waals surface area contributed by atoms with Gasteiger partial charge >= 0.3 is 0 Å². The summed E-state index contributed by atoms with van der Waals surface area (Å²) in [7, 11) is 1.69. The Morgan fingerprint density at radius 3 is 2.56 bits per heavy atom. The van der Waals surface area contributed by atoms with Gasteiger partial charge in [0.25, 0.3) is 0 Å². The Labute approximate surface area is 108 Å². The summed E-state index contributed by atoms with van der Waals surface area (Å²) in [5, 5.41) is 2.11. The number of thiophene rings is 1. The number of ether oxygens (including phenoxy) is 1. The van der Waals surface area contributed by atoms with E-state index in [0.29, 0.717) is 4.83 Å². The summed E-state index contributed by atoms with van der Waals surface area (Å²) >= 11 is 5.52. The van der Waals surface area contributed by atoms with Crippen LogP contribution in [0.5, 0.6) is 5.75 Å². The van der Waals surface area contributed by atoms with E-state index in [4.69, 9.17) is 4.74 Å². The lowest BCUT2D eigenvalue weighted by atomic mass is 10.1. The van der Waals surface area contributed by atoms with E-state index in [9.17, 15) is 0 Å². The first-order valence-electron chi connectivity index (χ1n) is 5.10. The van der Waals surface area contributed by atoms with E-state index in [1.54, 1.807) is 18.4 Å². The van der Waals surface area contributed by atoms with E-state index in [1.165, 1.54) is 10.4 Å². The third-order valence-corrected chi connectivity index (χ3v) is 4.19. The zero-order chi connectivity index (χ0) is 11.4. The molecule has 1 aromatic carbocycles. The summed E-state index contributed by atoms with van der Waals surface area (Å²) in [6.45, 7) is 0. The van der Waals surface area contributed by atoms with Crippen LogP contribution in [0.2, 0.25) is 0 Å². The molecule has 1 unspecified atom stereocenters. The maximum absolute atomic E-state index is 5.14. The molecule has 0 amide bonds. The van der Waals surface area contributed by atoms with Crippen LogP contribution in [0.25, 0.3) is 0 Å². The average Bonchev–Trinajstić information content (AvgIpc) is 2.82. The number of hydrogen-bond acceptors (Lipinski definition) is 2. The minimum Gasteiger partial charge on any atom is -0.497 e. The Kier molecular flexibility index (Phi) is 4.02. The predicted molar refractivity (Wildman–Crippen MR) is 72.7 cm³/mol. The second-order valence-electron chi connectivity index (χ2n) is 3.52. The van der Waals surface area contributed by atoms with E-state index < -0.39 is 0 Å². The van der Waals surface area contributed by atoms with E-state index in [2.05, 4.69) is 45.6 Å². The molecule has 0 fully saturated rings. The molecule has 1 heterocycles. The highest BCUT2D eigenvalue weighted by atomic mass is 79.9. The van der Waals surface area contributed by atoms with Crippen molar-refractivity contribution in [2.75, 3.05) is 7.11 Å². The topological polar surface area (TPSA) is 9.23 Å². The summed E-state index contributed by atoms with van der Waals surface area (Å²) < 4.78 is 5.14. The Balaban J connectivity index is 2.05. The van der Waals surface area contributed by atoms with Gasteiger partial charge in [-0.05, 0) is 35.6 Å². The van der Waals surface area contributed by atoms with Gasteiger partial charge in [-0.25, -0.2) is 0 Å². The Morgan fingerprint density at radius 1 is 1.25 bits per heavy atom. The lowest BCUT2D eigenvalue weighted by molar-refractivity contribution is 0.414. The Bertz CT molecular complexity index is 422. The molecule has 0 saturated heterocycles. The summed E-state index contributed by atoms with van der Waals surface area (Å²) in [6, 6.07) is 12.5. The predicted octanol–water partition coefficient (Wildman–Crippen LogP) is 4.44. The smallest absolute Gasteiger partial charge is 0.118 e. The Morgan fingerprint density at radius 2 is 2.00 bits per heavy atom. The van der Waals surface area contributed by atoms with Crippen molar-refractivity contribution in [2.45, 2.75) is 11.2 Å². The molecule has 1 aromatic heterocycles. The molecule has 0 aliphatic rings. The second kappa shape index (κ2) is 5.51. The lowest BCUT2D eigenvalue weighted by Gasteiger charge is -2.09. The SMILES string of the molecule is COc1ccc(C(Br)Cc2cccs2)cc1. The minimum absolute atomic E-state index is 0.372. The molecular weight excluding hydrogens is 284 g/mol. The second-order valence-corrected chi connectivity index (χ2v) is 5.66. The standard InChI is InChI=1S/C13H13BrOS/c1-15-11-6-4-10(5-7-11)13(14)9-12-3-2-8-16-12/h2-8,13H,9H2,1H3. The van der Waals surface area contributed by atoms with Gasteiger partial charge in [0.15, 0.2) is 0 Å². The summed E-state index contributed by atoms with van der Waals surface area (Å²) in [5.41, 5.74) is 1.29. The maximum atomic E-state index is 5.14. The third-order valence-electron chi connectivity index (χ3n) is 2.44. The van der Waals surface area contributed by atoms with Crippen molar-refractivity contribution in [1.82, 2.24) is 0 Å². The maximum Gasteiger partial charge on any atom is 0.118 e. The van der Waals surface area contributed by atoms with E-state index in [0.717, 1.165) is 12.2 Å². The first-order chi connectivity index (χ1) is 7.79. The van der Waals surface area contributed by atoms with Crippen molar-refractivity contribution in [3.05, 3.63) is 52.2 Å². The Hall–Kier alpha value is -0.800. The molecule has 1 nitrogen and oxygen atoms in total. The molecule has 2 aromatic rings. The highest BCUT2D eigenvalue weighted by Crippen LogP contribution is 2.29. The van der Waals surface area contributed by atoms with Gasteiger partial charge in [0, 0.05) is 9.70 Å². The van der Waals surface area contributed by atoms with Gasteiger partial charge in [-0.3, -0.25) is 0 Å². The number of benzene rings is 1. The molecule has 3 heteroatoms. The van der Waals surface area contributed by atoms with E-state index in [-0.39, 0.29) is 0 Å². The molecule has 2 rings (SSSR count). The summed E-state index contributed by atoms with van der Waals surface area (Å²) in [6.07, 6.45) is 1.03. The fraction of sp³-hybridized carbons (Fsp3) is 0.231. The van der Waals surface area contributed by atoms with Crippen LogP contribution in [0, 0.1) is 0 Å². The minimum atomic E-state index is 0.372. The van der Waals surface area contributed by atoms with Gasteiger partial charge in [-0.1, -0.05) is 34.1 Å². The van der Waals surface area contributed by atoms with Gasteiger partial charge in [0.1, 0.15) is 5.75 Å². The molecule has 0 aliphatic heterocycles. The van der Waals surface area contributed by atoms with Crippen molar-refractivity contribution in [2.24, 2.45) is 0 Å². The van der Waals surface area contributed by atoms with Crippen molar-refractivity contribution in [3.63, 3.8) is 0 Å². The van der Waals surface area contributed by atoms with Crippen LogP contribution in [0.3, 0.4) is 0 Å². The lowest BCUT2D eigenvalue weighted by Crippen LogP contribution is -1.93. The normalized spacial score (nSPS) is 12.4. The van der Waals surface area contributed by atoms with Gasteiger partial charge in [0.05, 0.1) is 7.11 Å². The van der Waals surface area contributed by atoms with Gasteiger partial charge in [0.2, 0.25) is 0 Å².